The number of nitrogens with zero attached hydrogens (tertiary/aromatic N) is 4. The molecule has 3 rings (SSSR count). The molecule has 6 heteroatoms. The minimum absolute atomic E-state index is 0.538. The fourth-order valence-electron chi connectivity index (χ4n) is 1.93. The second kappa shape index (κ2) is 5.20. The lowest BCUT2D eigenvalue weighted by Gasteiger charge is -1.97. The maximum Gasteiger partial charge on any atom is 0.269 e. The summed E-state index contributed by atoms with van der Waals surface area (Å²) in [6.45, 7) is 4.36. The smallest absolute Gasteiger partial charge is 0.269 e. The zero-order valence-electron chi connectivity index (χ0n) is 11.7. The van der Waals surface area contributed by atoms with Crippen LogP contribution >= 0.6 is 11.3 Å². The van der Waals surface area contributed by atoms with Gasteiger partial charge in [0.25, 0.3) is 5.89 Å². The Kier molecular flexibility index (Phi) is 3.40. The zero-order chi connectivity index (χ0) is 14.1. The summed E-state index contributed by atoms with van der Waals surface area (Å²) in [5.74, 6) is 1.74. The Morgan fingerprint density at radius 1 is 1.40 bits per heavy atom. The lowest BCUT2D eigenvalue weighted by molar-refractivity contribution is 0.433. The van der Waals surface area contributed by atoms with Crippen molar-refractivity contribution in [1.29, 1.82) is 0 Å². The number of thiazole rings is 1. The van der Waals surface area contributed by atoms with Crippen molar-refractivity contribution in [3.8, 4) is 22.2 Å². The topological polar surface area (TPSA) is 56.7 Å². The van der Waals surface area contributed by atoms with Crippen molar-refractivity contribution in [3.63, 3.8) is 0 Å². The monoisotopic (exact) mass is 288 g/mol. The van der Waals surface area contributed by atoms with Crippen molar-refractivity contribution in [3.05, 3.63) is 29.7 Å². The molecule has 5 nitrogen and oxygen atoms in total. The second-order valence-electron chi connectivity index (χ2n) is 5.21. The fourth-order valence-corrected chi connectivity index (χ4v) is 2.98. The maximum absolute atomic E-state index is 5.33. The molecule has 3 aromatic heterocycles. The van der Waals surface area contributed by atoms with E-state index in [4.69, 9.17) is 4.52 Å². The molecule has 20 heavy (non-hydrogen) atoms. The van der Waals surface area contributed by atoms with Crippen LogP contribution in [0, 0.1) is 5.92 Å². The summed E-state index contributed by atoms with van der Waals surface area (Å²) >= 11 is 1.62. The molecule has 0 aliphatic heterocycles. The van der Waals surface area contributed by atoms with Gasteiger partial charge >= 0.3 is 0 Å². The van der Waals surface area contributed by atoms with Crippen molar-refractivity contribution in [2.75, 3.05) is 0 Å². The van der Waals surface area contributed by atoms with E-state index < -0.39 is 0 Å². The molecule has 0 bridgehead atoms. The van der Waals surface area contributed by atoms with Crippen LogP contribution in [-0.2, 0) is 13.5 Å². The van der Waals surface area contributed by atoms with Gasteiger partial charge in [0, 0.05) is 31.4 Å². The second-order valence-corrected chi connectivity index (χ2v) is 6.32. The van der Waals surface area contributed by atoms with E-state index in [1.54, 1.807) is 11.3 Å². The maximum atomic E-state index is 5.33. The Bertz CT molecular complexity index is 710. The van der Waals surface area contributed by atoms with E-state index >= 15 is 0 Å². The number of aromatic nitrogens is 4. The molecule has 0 spiro atoms. The molecular formula is C14H16N4OS. The van der Waals surface area contributed by atoms with Gasteiger partial charge in [0.2, 0.25) is 5.82 Å². The van der Waals surface area contributed by atoms with E-state index in [0.29, 0.717) is 17.6 Å². The van der Waals surface area contributed by atoms with Crippen LogP contribution in [0.4, 0.5) is 0 Å². The van der Waals surface area contributed by atoms with Gasteiger partial charge in [-0.1, -0.05) is 19.0 Å². The summed E-state index contributed by atoms with van der Waals surface area (Å²) in [4.78, 5) is 9.77. The molecule has 0 aromatic carbocycles. The lowest BCUT2D eigenvalue weighted by atomic mass is 10.1. The number of hydrogen-bond donors (Lipinski definition) is 0. The number of rotatable bonds is 4. The first-order valence-corrected chi connectivity index (χ1v) is 7.34. The van der Waals surface area contributed by atoms with Crippen LogP contribution in [0.1, 0.15) is 18.9 Å². The van der Waals surface area contributed by atoms with Gasteiger partial charge in [0.1, 0.15) is 4.88 Å². The average Bonchev–Trinajstić information content (AvgIpc) is 3.06. The molecule has 0 unspecified atom stereocenters. The Labute approximate surface area is 121 Å². The summed E-state index contributed by atoms with van der Waals surface area (Å²) in [7, 11) is 1.96. The normalized spacial score (nSPS) is 11.4. The summed E-state index contributed by atoms with van der Waals surface area (Å²) in [5.41, 5.74) is 0.953. The average molecular weight is 288 g/mol. The van der Waals surface area contributed by atoms with E-state index in [-0.39, 0.29) is 0 Å². The molecule has 0 saturated heterocycles. The third kappa shape index (κ3) is 2.65. The van der Waals surface area contributed by atoms with Crippen molar-refractivity contribution >= 4 is 11.3 Å². The Hall–Kier alpha value is -1.95. The SMILES string of the molecule is CC(C)Cc1ncc(-c2nc(-c3ccn(C)c3)no2)s1. The quantitative estimate of drug-likeness (QED) is 0.738. The number of hydrogen-bond acceptors (Lipinski definition) is 5. The summed E-state index contributed by atoms with van der Waals surface area (Å²) in [6.07, 6.45) is 6.71. The van der Waals surface area contributed by atoms with Gasteiger partial charge in [-0.3, -0.25) is 0 Å². The van der Waals surface area contributed by atoms with Crippen molar-refractivity contribution in [2.45, 2.75) is 20.3 Å². The minimum atomic E-state index is 0.538. The molecule has 3 heterocycles. The fraction of sp³-hybridized carbons (Fsp3) is 0.357. The van der Waals surface area contributed by atoms with E-state index in [0.717, 1.165) is 21.9 Å². The van der Waals surface area contributed by atoms with Gasteiger partial charge in [-0.25, -0.2) is 4.98 Å². The summed E-state index contributed by atoms with van der Waals surface area (Å²) in [6, 6.07) is 1.96. The molecule has 0 amide bonds. The predicted octanol–water partition coefficient (Wildman–Crippen LogP) is 3.40. The molecule has 0 aliphatic carbocycles. The Balaban J connectivity index is 1.84. The van der Waals surface area contributed by atoms with Crippen LogP contribution in [-0.4, -0.2) is 19.7 Å². The van der Waals surface area contributed by atoms with Gasteiger partial charge in [-0.15, -0.1) is 11.3 Å². The first kappa shape index (κ1) is 13.1. The van der Waals surface area contributed by atoms with E-state index in [9.17, 15) is 0 Å². The van der Waals surface area contributed by atoms with Crippen LogP contribution in [0.5, 0.6) is 0 Å². The van der Waals surface area contributed by atoms with Gasteiger partial charge < -0.3 is 9.09 Å². The first-order valence-electron chi connectivity index (χ1n) is 6.53. The molecule has 0 atom stereocenters. The molecule has 0 aliphatic rings. The van der Waals surface area contributed by atoms with Crippen molar-refractivity contribution in [2.24, 2.45) is 13.0 Å². The highest BCUT2D eigenvalue weighted by molar-refractivity contribution is 7.15. The molecule has 104 valence electrons. The Morgan fingerprint density at radius 2 is 2.25 bits per heavy atom. The van der Waals surface area contributed by atoms with Gasteiger partial charge in [0.15, 0.2) is 0 Å². The molecular weight excluding hydrogens is 272 g/mol. The van der Waals surface area contributed by atoms with Crippen LogP contribution in [0.3, 0.4) is 0 Å². The molecule has 0 radical (unpaired) electrons. The van der Waals surface area contributed by atoms with Crippen molar-refractivity contribution in [1.82, 2.24) is 19.7 Å². The Morgan fingerprint density at radius 3 is 2.95 bits per heavy atom. The third-order valence-electron chi connectivity index (χ3n) is 2.86. The van der Waals surface area contributed by atoms with E-state index in [1.165, 1.54) is 0 Å². The lowest BCUT2D eigenvalue weighted by Crippen LogP contribution is -1.91. The highest BCUT2D eigenvalue weighted by Crippen LogP contribution is 2.28. The van der Waals surface area contributed by atoms with E-state index in [2.05, 4.69) is 29.0 Å². The summed E-state index contributed by atoms with van der Waals surface area (Å²) < 4.78 is 7.29. The zero-order valence-corrected chi connectivity index (χ0v) is 12.5. The van der Waals surface area contributed by atoms with Crippen LogP contribution in [0.15, 0.2) is 29.2 Å². The summed E-state index contributed by atoms with van der Waals surface area (Å²) in [5, 5.41) is 5.13. The largest absolute Gasteiger partial charge is 0.357 e. The van der Waals surface area contributed by atoms with Crippen molar-refractivity contribution < 1.29 is 4.52 Å². The molecule has 3 aromatic rings. The van der Waals surface area contributed by atoms with Gasteiger partial charge in [0.05, 0.1) is 11.2 Å². The molecule has 0 N–H and O–H groups in total. The van der Waals surface area contributed by atoms with Crippen LogP contribution in [0.25, 0.3) is 22.2 Å². The number of aryl methyl sites for hydroxylation is 1. The first-order chi connectivity index (χ1) is 9.61. The van der Waals surface area contributed by atoms with Gasteiger partial charge in [-0.2, -0.15) is 4.98 Å². The highest BCUT2D eigenvalue weighted by atomic mass is 32.1. The standard InChI is InChI=1S/C14H16N4OS/c1-9(2)6-12-15-7-11(20-12)14-16-13(17-19-14)10-4-5-18(3)8-10/h4-5,7-9H,6H2,1-3H3. The molecule has 0 fully saturated rings. The minimum Gasteiger partial charge on any atom is -0.357 e. The van der Waals surface area contributed by atoms with Crippen LogP contribution in [0.2, 0.25) is 0 Å². The third-order valence-corrected chi connectivity index (χ3v) is 3.87. The molecule has 0 saturated carbocycles. The predicted molar refractivity (Wildman–Crippen MR) is 78.4 cm³/mol. The highest BCUT2D eigenvalue weighted by Gasteiger charge is 2.14. The van der Waals surface area contributed by atoms with E-state index in [1.807, 2.05) is 36.3 Å². The van der Waals surface area contributed by atoms with Crippen LogP contribution < -0.4 is 0 Å². The van der Waals surface area contributed by atoms with Gasteiger partial charge in [-0.05, 0) is 12.0 Å².